The lowest BCUT2D eigenvalue weighted by molar-refractivity contribution is -0.929. The second-order valence-corrected chi connectivity index (χ2v) is 14.0. The molecule has 0 aromatic rings. The number of hydrogen-bond acceptors (Lipinski definition) is 0. The monoisotopic (exact) mass is 639 g/mol. The van der Waals surface area contributed by atoms with E-state index >= 15 is 0 Å². The molecule has 0 amide bonds. The van der Waals surface area contributed by atoms with Gasteiger partial charge in [-0.2, -0.15) is 0 Å². The summed E-state index contributed by atoms with van der Waals surface area (Å²) in [6.07, 6.45) is 34.1. The Morgan fingerprint density at radius 3 is 0.714 bits per heavy atom. The van der Waals surface area contributed by atoms with Gasteiger partial charge >= 0.3 is 0 Å². The van der Waals surface area contributed by atoms with Crippen molar-refractivity contribution in [3.05, 3.63) is 0 Å². The van der Waals surface area contributed by atoms with Gasteiger partial charge in [-0.05, 0) is 51.4 Å². The van der Waals surface area contributed by atoms with E-state index in [0.717, 1.165) is 0 Å². The Hall–Kier alpha value is 0.500. The predicted molar refractivity (Wildman–Crippen MR) is 186 cm³/mol. The molecule has 0 N–H and O–H groups in total. The molecule has 0 aromatic carbocycles. The van der Waals surface area contributed by atoms with Crippen LogP contribution in [0.2, 0.25) is 0 Å². The third-order valence-corrected chi connectivity index (χ3v) is 9.18. The van der Waals surface area contributed by atoms with Crippen LogP contribution in [-0.2, 0) is 0 Å². The summed E-state index contributed by atoms with van der Waals surface area (Å²) in [5.41, 5.74) is 0. The summed E-state index contributed by atoms with van der Waals surface area (Å²) in [5, 5.41) is 0. The zero-order valence-electron chi connectivity index (χ0n) is 30.9. The Morgan fingerprint density at radius 1 is 0.262 bits per heavy atom. The molecule has 0 aliphatic rings. The fraction of sp³-hybridized carbons (Fsp3) is 1.00. The lowest BCUT2D eigenvalue weighted by Gasteiger charge is -2.39. The van der Waals surface area contributed by atoms with Gasteiger partial charge in [0.05, 0.1) is 53.4 Å². The van der Waals surface area contributed by atoms with Crippen molar-refractivity contribution in [3.8, 4) is 0 Å². The summed E-state index contributed by atoms with van der Waals surface area (Å²) in [4.78, 5) is 0. The highest BCUT2D eigenvalue weighted by Gasteiger charge is 2.24. The van der Waals surface area contributed by atoms with Gasteiger partial charge < -0.3 is 33.8 Å². The largest absolute Gasteiger partial charge is 1.00 e. The highest BCUT2D eigenvalue weighted by molar-refractivity contribution is 4.50. The second-order valence-electron chi connectivity index (χ2n) is 14.0. The minimum Gasteiger partial charge on any atom is -1.00 e. The first-order valence-corrected chi connectivity index (χ1v) is 19.0. The average Bonchev–Trinajstić information content (AvgIpc) is 2.95. The van der Waals surface area contributed by atoms with Gasteiger partial charge in [0.1, 0.15) is 0 Å². The first-order valence-electron chi connectivity index (χ1n) is 19.0. The molecule has 4 heteroatoms. The molecule has 0 radical (unpaired) electrons. The number of unbranched alkanes of at least 4 members (excludes halogenated alkanes) is 18. The van der Waals surface area contributed by atoms with Crippen molar-refractivity contribution in [2.45, 2.75) is 196 Å². The quantitative estimate of drug-likeness (QED) is 0.0635. The van der Waals surface area contributed by atoms with Crippen LogP contribution in [0.4, 0.5) is 0 Å². The maximum Gasteiger partial charge on any atom is 0.0786 e. The predicted octanol–water partition coefficient (Wildman–Crippen LogP) is 6.36. The summed E-state index contributed by atoms with van der Waals surface area (Å²) in [6, 6.07) is 0. The van der Waals surface area contributed by atoms with Crippen LogP contribution >= 0.6 is 0 Å². The van der Waals surface area contributed by atoms with Crippen molar-refractivity contribution in [2.24, 2.45) is 0 Å². The summed E-state index contributed by atoms with van der Waals surface area (Å²) in [6.45, 7) is 22.4. The van der Waals surface area contributed by atoms with Gasteiger partial charge in [0.15, 0.2) is 0 Å². The Balaban J connectivity index is -0.000000342. The Labute approximate surface area is 281 Å². The molecule has 0 aliphatic carbocycles. The molecular formula is C38H84Cl2N2. The summed E-state index contributed by atoms with van der Waals surface area (Å²) >= 11 is 0. The van der Waals surface area contributed by atoms with Gasteiger partial charge in [-0.15, -0.1) is 0 Å². The Bertz CT molecular complexity index is 411. The Morgan fingerprint density at radius 2 is 0.476 bits per heavy atom. The van der Waals surface area contributed by atoms with Gasteiger partial charge in [-0.1, -0.05) is 144 Å². The van der Waals surface area contributed by atoms with Crippen LogP contribution in [0, 0.1) is 0 Å². The zero-order chi connectivity index (χ0) is 30.2. The van der Waals surface area contributed by atoms with E-state index in [1.807, 2.05) is 0 Å². The number of nitrogens with zero attached hydrogens (tertiary/aromatic N) is 2. The molecule has 0 aromatic heterocycles. The van der Waals surface area contributed by atoms with Crippen molar-refractivity contribution in [3.63, 3.8) is 0 Å². The average molecular weight is 640 g/mol. The maximum absolute atomic E-state index is 2.43. The molecule has 0 atom stereocenters. The molecule has 0 aliphatic heterocycles. The van der Waals surface area contributed by atoms with E-state index in [-0.39, 0.29) is 24.8 Å². The summed E-state index contributed by atoms with van der Waals surface area (Å²) in [7, 11) is 4.87. The number of quaternary nitrogens is 2. The third-order valence-electron chi connectivity index (χ3n) is 9.18. The molecule has 0 heterocycles. The van der Waals surface area contributed by atoms with Crippen LogP contribution in [0.1, 0.15) is 196 Å². The third kappa shape index (κ3) is 35.0. The van der Waals surface area contributed by atoms with Crippen molar-refractivity contribution in [2.75, 3.05) is 53.4 Å². The summed E-state index contributed by atoms with van der Waals surface area (Å²) < 4.78 is 2.66. The fourth-order valence-electron chi connectivity index (χ4n) is 6.10. The lowest BCUT2D eigenvalue weighted by Crippen LogP contribution is -3.00. The second kappa shape index (κ2) is 37.7. The van der Waals surface area contributed by atoms with Crippen LogP contribution in [0.5, 0.6) is 0 Å². The molecule has 260 valence electrons. The normalized spacial score (nSPS) is 11.4. The molecule has 0 bridgehead atoms. The van der Waals surface area contributed by atoms with Crippen molar-refractivity contribution >= 4 is 0 Å². The topological polar surface area (TPSA) is 0 Å². The van der Waals surface area contributed by atoms with Crippen LogP contribution in [0.25, 0.3) is 0 Å². The van der Waals surface area contributed by atoms with Gasteiger partial charge in [0.2, 0.25) is 0 Å². The maximum atomic E-state index is 2.43. The van der Waals surface area contributed by atoms with Gasteiger partial charge in [-0.3, -0.25) is 0 Å². The standard InChI is InChI=1S/C22H48N.C16H36N.2ClH/c1-5-7-9-11-13-15-17-19-21-23(3,4)22-20-18-16-14-12-10-8-6-2;1-5-9-13-17(14-10-6-2,15-11-7-3)16-12-8-4;;/h5-22H2,1-4H3;5-16H2,1-4H3;2*1H/q2*+1;;/p-2. The molecule has 0 saturated heterocycles. The van der Waals surface area contributed by atoms with E-state index in [2.05, 4.69) is 55.6 Å². The fourth-order valence-corrected chi connectivity index (χ4v) is 6.10. The highest BCUT2D eigenvalue weighted by Crippen LogP contribution is 2.17. The zero-order valence-corrected chi connectivity index (χ0v) is 32.4. The summed E-state index contributed by atoms with van der Waals surface area (Å²) in [5.74, 6) is 0. The van der Waals surface area contributed by atoms with E-state index < -0.39 is 0 Å². The van der Waals surface area contributed by atoms with E-state index in [9.17, 15) is 0 Å². The van der Waals surface area contributed by atoms with Gasteiger partial charge in [0.25, 0.3) is 0 Å². The Kier molecular flexibility index (Phi) is 44.3. The lowest BCUT2D eigenvalue weighted by atomic mass is 10.1. The van der Waals surface area contributed by atoms with Crippen LogP contribution in [0.3, 0.4) is 0 Å². The molecule has 0 unspecified atom stereocenters. The molecule has 0 fully saturated rings. The first kappa shape index (κ1) is 49.4. The SMILES string of the molecule is CCCCCCCCCC[N+](C)(C)CCCCCCCCCC.CCCC[N+](CCCC)(CCCC)CCCC.[Cl-].[Cl-]. The molecule has 0 rings (SSSR count). The minimum absolute atomic E-state index is 0. The van der Waals surface area contributed by atoms with E-state index in [1.54, 1.807) is 0 Å². The van der Waals surface area contributed by atoms with E-state index in [1.165, 1.54) is 202 Å². The van der Waals surface area contributed by atoms with Crippen molar-refractivity contribution in [1.29, 1.82) is 0 Å². The van der Waals surface area contributed by atoms with Crippen LogP contribution in [0.15, 0.2) is 0 Å². The molecule has 42 heavy (non-hydrogen) atoms. The molecule has 0 spiro atoms. The minimum atomic E-state index is 0. The van der Waals surface area contributed by atoms with Gasteiger partial charge in [-0.25, -0.2) is 0 Å². The van der Waals surface area contributed by atoms with Crippen LogP contribution < -0.4 is 24.8 Å². The van der Waals surface area contributed by atoms with Gasteiger partial charge in [0, 0.05) is 0 Å². The van der Waals surface area contributed by atoms with E-state index in [0.29, 0.717) is 0 Å². The highest BCUT2D eigenvalue weighted by atomic mass is 35.5. The number of halogens is 2. The van der Waals surface area contributed by atoms with Crippen molar-refractivity contribution < 1.29 is 33.8 Å². The number of hydrogen-bond donors (Lipinski definition) is 0. The van der Waals surface area contributed by atoms with Crippen molar-refractivity contribution in [1.82, 2.24) is 0 Å². The molecule has 2 nitrogen and oxygen atoms in total. The number of rotatable bonds is 30. The molecular weight excluding hydrogens is 555 g/mol. The molecule has 0 saturated carbocycles. The smallest absolute Gasteiger partial charge is 0.0786 e. The van der Waals surface area contributed by atoms with Crippen LogP contribution in [-0.4, -0.2) is 62.3 Å². The van der Waals surface area contributed by atoms with E-state index in [4.69, 9.17) is 0 Å². The first-order chi connectivity index (χ1) is 19.4.